The smallest absolute Gasteiger partial charge is 0.273 e. The van der Waals surface area contributed by atoms with Crippen LogP contribution in [0.25, 0.3) is 16.8 Å². The number of aliphatic hydroxyl groups excluding tert-OH is 2. The molecule has 16 heteroatoms. The molecule has 4 aliphatic rings. The minimum Gasteiger partial charge on any atom is -0.459 e. The predicted molar refractivity (Wildman–Crippen MR) is 279 cm³/mol. The van der Waals surface area contributed by atoms with Crippen molar-refractivity contribution in [3.63, 3.8) is 0 Å². The zero-order valence-electron chi connectivity index (χ0n) is 41.2. The van der Waals surface area contributed by atoms with Crippen LogP contribution in [0.1, 0.15) is 86.8 Å². The van der Waals surface area contributed by atoms with Gasteiger partial charge in [-0.15, -0.1) is 6.58 Å². The zero-order chi connectivity index (χ0) is 51.6. The lowest BCUT2D eigenvalue weighted by molar-refractivity contribution is -0.385. The van der Waals surface area contributed by atoms with Gasteiger partial charge in [0.15, 0.2) is 0 Å². The van der Waals surface area contributed by atoms with Crippen LogP contribution >= 0.6 is 0 Å². The van der Waals surface area contributed by atoms with Crippen molar-refractivity contribution in [2.75, 3.05) is 26.4 Å². The van der Waals surface area contributed by atoms with Gasteiger partial charge in [0.25, 0.3) is 11.4 Å². The number of carbonyl (C=O) groups excluding carboxylic acids is 1. The largest absolute Gasteiger partial charge is 0.459 e. The van der Waals surface area contributed by atoms with Gasteiger partial charge in [0.05, 0.1) is 40.8 Å². The number of rotatable bonds is 22. The van der Waals surface area contributed by atoms with Crippen LogP contribution in [-0.4, -0.2) is 81.1 Å². The van der Waals surface area contributed by atoms with Gasteiger partial charge in [-0.1, -0.05) is 78.7 Å². The maximum atomic E-state index is 15.5. The minimum absolute atomic E-state index is 0.0163. The molecule has 16 nitrogen and oxygen atoms in total. The lowest BCUT2D eigenvalue weighted by Crippen LogP contribution is -2.70. The van der Waals surface area contributed by atoms with Crippen LogP contribution in [0.4, 0.5) is 11.4 Å². The highest BCUT2D eigenvalue weighted by molar-refractivity contribution is 6.03. The van der Waals surface area contributed by atoms with E-state index < -0.39 is 33.9 Å². The SMILES string of the molecule is C=CCOC12Oc3ccc(Oc4cccc([N+](=O)[O-])c4)cc3C3C(CCCCO)C(CCCCO)C=C(C(=NOC4CCCCO4)CC1N(Cc1cccc4ccccc14)C(=O)C=Cc1ccc([N+](=O)[O-])cc1)C32. The summed E-state index contributed by atoms with van der Waals surface area (Å²) in [6, 6.07) is 30.6. The minimum atomic E-state index is -1.60. The van der Waals surface area contributed by atoms with Crippen molar-refractivity contribution in [2.45, 2.75) is 94.8 Å². The number of carbonyl (C=O) groups is 1. The molecule has 2 aliphatic carbocycles. The fraction of sp³-hybridized carbons (Fsp3) is 0.379. The van der Waals surface area contributed by atoms with Crippen molar-refractivity contribution in [3.05, 3.63) is 176 Å². The van der Waals surface area contributed by atoms with E-state index in [2.05, 4.69) is 12.7 Å². The average Bonchev–Trinajstić information content (AvgIpc) is 3.45. The van der Waals surface area contributed by atoms with Crippen LogP contribution in [0.15, 0.2) is 145 Å². The van der Waals surface area contributed by atoms with Crippen molar-refractivity contribution < 1.29 is 48.6 Å². The molecule has 9 rings (SSSR count). The van der Waals surface area contributed by atoms with Crippen molar-refractivity contribution in [2.24, 2.45) is 22.9 Å². The van der Waals surface area contributed by atoms with Crippen LogP contribution in [0.3, 0.4) is 0 Å². The van der Waals surface area contributed by atoms with E-state index in [-0.39, 0.29) is 73.6 Å². The van der Waals surface area contributed by atoms with E-state index in [4.69, 9.17) is 28.9 Å². The van der Waals surface area contributed by atoms with Crippen LogP contribution in [-0.2, 0) is 25.7 Å². The maximum Gasteiger partial charge on any atom is 0.273 e. The Morgan fingerprint density at radius 3 is 2.38 bits per heavy atom. The first-order chi connectivity index (χ1) is 36.1. The number of nitro groups is 2. The van der Waals surface area contributed by atoms with Crippen LogP contribution < -0.4 is 9.47 Å². The van der Waals surface area contributed by atoms with Crippen LogP contribution in [0.5, 0.6) is 17.2 Å². The van der Waals surface area contributed by atoms with E-state index in [0.717, 1.165) is 53.2 Å². The van der Waals surface area contributed by atoms with Gasteiger partial charge < -0.3 is 38.9 Å². The molecular formula is C58H62N4O12. The standard InChI is InChI=1S/C58H62N4O12/c1-2-32-71-58-53(60(38-42-16-11-15-40-13-3-4-19-47(40)42)54(65)29-24-39-22-25-43(26-23-39)61(66)67)37-51(59-74-55-21-7-10-33-70-55)49-34-41(14-5-8-30-63)48(20-6-9-31-64)56(57(49)58)50-36-46(27-28-52(50)73-58)72-45-18-12-17-44(35-45)62(68)69/h2-4,11-13,15-19,22-29,34-36,41,48,53,55-57,63-64H,1,5-10,14,20-21,30-33,37-38H2. The first-order valence-electron chi connectivity index (χ1n) is 25.6. The number of benzene rings is 5. The summed E-state index contributed by atoms with van der Waals surface area (Å²) in [6.07, 6.45) is 13.1. The average molecular weight is 1010 g/mol. The Bertz CT molecular complexity index is 2910. The highest BCUT2D eigenvalue weighted by Crippen LogP contribution is 2.62. The molecule has 5 aromatic carbocycles. The summed E-state index contributed by atoms with van der Waals surface area (Å²) in [4.78, 5) is 46.1. The van der Waals surface area contributed by atoms with Gasteiger partial charge in [0.2, 0.25) is 18.0 Å². The van der Waals surface area contributed by atoms with Gasteiger partial charge in [-0.25, -0.2) is 0 Å². The molecule has 2 heterocycles. The summed E-state index contributed by atoms with van der Waals surface area (Å²) in [5.41, 5.74) is 3.52. The van der Waals surface area contributed by atoms with E-state index in [9.17, 15) is 30.4 Å². The molecule has 1 saturated heterocycles. The zero-order valence-corrected chi connectivity index (χ0v) is 41.2. The normalized spacial score (nSPS) is 23.5. The lowest BCUT2D eigenvalue weighted by Gasteiger charge is -2.60. The number of hydrogen-bond donors (Lipinski definition) is 2. The molecule has 0 radical (unpaired) electrons. The number of fused-ring (bicyclic) bond motifs is 3. The molecule has 2 fully saturated rings. The Morgan fingerprint density at radius 1 is 0.865 bits per heavy atom. The number of non-ortho nitro benzene ring substituents is 2. The third-order valence-electron chi connectivity index (χ3n) is 14.7. The molecule has 74 heavy (non-hydrogen) atoms. The Hall–Kier alpha value is -7.24. The molecular weight excluding hydrogens is 945 g/mol. The second kappa shape index (κ2) is 23.7. The third kappa shape index (κ3) is 11.3. The molecule has 7 unspecified atom stereocenters. The molecule has 5 aromatic rings. The quantitative estimate of drug-likeness (QED) is 0.0218. The fourth-order valence-electron chi connectivity index (χ4n) is 11.4. The number of ether oxygens (including phenoxy) is 4. The Labute approximate surface area is 429 Å². The topological polar surface area (TPSA) is 206 Å². The number of aliphatic hydroxyl groups is 2. The van der Waals surface area contributed by atoms with Crippen LogP contribution in [0, 0.1) is 38.0 Å². The monoisotopic (exact) mass is 1010 g/mol. The molecule has 1 saturated carbocycles. The Kier molecular flexibility index (Phi) is 16.6. The third-order valence-corrected chi connectivity index (χ3v) is 14.7. The summed E-state index contributed by atoms with van der Waals surface area (Å²) in [6.45, 7) is 4.82. The van der Waals surface area contributed by atoms with E-state index in [1.54, 1.807) is 47.4 Å². The van der Waals surface area contributed by atoms with Crippen molar-refractivity contribution in [1.29, 1.82) is 0 Å². The highest BCUT2D eigenvalue weighted by atomic mass is 16.8. The molecule has 0 spiro atoms. The van der Waals surface area contributed by atoms with Crippen molar-refractivity contribution in [3.8, 4) is 17.2 Å². The van der Waals surface area contributed by atoms with Gasteiger partial charge in [0, 0.05) is 68.4 Å². The van der Waals surface area contributed by atoms with Gasteiger partial charge in [0.1, 0.15) is 23.3 Å². The highest BCUT2D eigenvalue weighted by Gasteiger charge is 2.65. The number of hydrogen-bond acceptors (Lipinski definition) is 13. The van der Waals surface area contributed by atoms with Gasteiger partial charge >= 0.3 is 0 Å². The number of nitro benzene ring substituents is 2. The molecule has 7 atom stereocenters. The molecule has 386 valence electrons. The first-order valence-corrected chi connectivity index (χ1v) is 25.6. The fourth-order valence-corrected chi connectivity index (χ4v) is 11.4. The second-order valence-corrected chi connectivity index (χ2v) is 19.3. The van der Waals surface area contributed by atoms with E-state index >= 15 is 4.79 Å². The van der Waals surface area contributed by atoms with E-state index in [1.807, 2.05) is 54.6 Å². The Balaban J connectivity index is 1.26. The summed E-state index contributed by atoms with van der Waals surface area (Å²) in [5.74, 6) is -1.95. The number of amides is 1. The molecule has 2 N–H and O–H groups in total. The van der Waals surface area contributed by atoms with Gasteiger partial charge in [-0.3, -0.25) is 25.0 Å². The Morgan fingerprint density at radius 2 is 1.62 bits per heavy atom. The van der Waals surface area contributed by atoms with Gasteiger partial charge in [-0.2, -0.15) is 0 Å². The number of oxime groups is 1. The van der Waals surface area contributed by atoms with Gasteiger partial charge in [-0.05, 0) is 120 Å². The predicted octanol–water partition coefficient (Wildman–Crippen LogP) is 11.4. The number of nitrogens with zero attached hydrogens (tertiary/aromatic N) is 4. The summed E-state index contributed by atoms with van der Waals surface area (Å²) in [5, 5.41) is 50.5. The molecule has 1 amide bonds. The lowest BCUT2D eigenvalue weighted by atomic mass is 9.55. The molecule has 0 aromatic heterocycles. The summed E-state index contributed by atoms with van der Waals surface area (Å²) < 4.78 is 27.2. The van der Waals surface area contributed by atoms with E-state index in [1.165, 1.54) is 30.3 Å². The van der Waals surface area contributed by atoms with Crippen molar-refractivity contribution >= 4 is 39.8 Å². The summed E-state index contributed by atoms with van der Waals surface area (Å²) >= 11 is 0. The molecule has 2 aliphatic heterocycles. The number of unbranched alkanes of at least 4 members (excludes halogenated alkanes) is 2. The summed E-state index contributed by atoms with van der Waals surface area (Å²) in [7, 11) is 0. The second-order valence-electron chi connectivity index (χ2n) is 19.3. The van der Waals surface area contributed by atoms with Crippen molar-refractivity contribution in [1.82, 2.24) is 4.90 Å². The maximum absolute atomic E-state index is 15.5. The molecule has 0 bridgehead atoms. The van der Waals surface area contributed by atoms with Crippen LogP contribution in [0.2, 0.25) is 0 Å². The van der Waals surface area contributed by atoms with E-state index in [0.29, 0.717) is 61.5 Å². The first kappa shape index (κ1) is 51.7. The number of allylic oxidation sites excluding steroid dienone is 1.